The fourth-order valence-electron chi connectivity index (χ4n) is 2.35. The molecule has 1 saturated carbocycles. The number of hydrogen-bond donors (Lipinski definition) is 0. The van der Waals surface area contributed by atoms with Gasteiger partial charge < -0.3 is 9.47 Å². The summed E-state index contributed by atoms with van der Waals surface area (Å²) in [6.07, 6.45) is 3.66. The molecule has 0 bridgehead atoms. The van der Waals surface area contributed by atoms with Crippen LogP contribution in [0.1, 0.15) is 46.0 Å². The van der Waals surface area contributed by atoms with Gasteiger partial charge in [-0.2, -0.15) is 0 Å². The third kappa shape index (κ3) is 7.06. The van der Waals surface area contributed by atoms with Crippen molar-refractivity contribution in [2.45, 2.75) is 46.0 Å². The monoisotopic (exact) mass is 296 g/mol. The van der Waals surface area contributed by atoms with Crippen LogP contribution in [0.4, 0.5) is 0 Å². The predicted octanol–water partition coefficient (Wildman–Crippen LogP) is 2.43. The molecule has 5 nitrogen and oxygen atoms in total. The molecule has 1 aliphatic rings. The zero-order valence-corrected chi connectivity index (χ0v) is 12.9. The standard InChI is InChI=1S/C16H24O5/c1-11(2)16(19)21-10-14-6-4-13(5-7-14)9-20-15(18)8-12(3)17/h13-14H,1,4-10H2,2-3H3. The van der Waals surface area contributed by atoms with Gasteiger partial charge in [-0.25, -0.2) is 4.79 Å². The molecule has 0 spiro atoms. The maximum atomic E-state index is 11.3. The van der Waals surface area contributed by atoms with Crippen molar-refractivity contribution in [3.05, 3.63) is 12.2 Å². The van der Waals surface area contributed by atoms with Crippen LogP contribution in [0.15, 0.2) is 12.2 Å². The van der Waals surface area contributed by atoms with Crippen molar-refractivity contribution in [1.82, 2.24) is 0 Å². The van der Waals surface area contributed by atoms with Crippen molar-refractivity contribution in [1.29, 1.82) is 0 Å². The second-order valence-corrected chi connectivity index (χ2v) is 5.83. The van der Waals surface area contributed by atoms with Gasteiger partial charge in [-0.15, -0.1) is 0 Å². The van der Waals surface area contributed by atoms with Crippen molar-refractivity contribution in [2.24, 2.45) is 11.8 Å². The van der Waals surface area contributed by atoms with E-state index in [0.29, 0.717) is 30.6 Å². The first-order chi connectivity index (χ1) is 9.88. The summed E-state index contributed by atoms with van der Waals surface area (Å²) in [6.45, 7) is 7.36. The van der Waals surface area contributed by atoms with Gasteiger partial charge in [0.1, 0.15) is 12.2 Å². The zero-order valence-electron chi connectivity index (χ0n) is 12.9. The van der Waals surface area contributed by atoms with E-state index < -0.39 is 5.97 Å². The molecule has 0 atom stereocenters. The molecule has 0 radical (unpaired) electrons. The van der Waals surface area contributed by atoms with Gasteiger partial charge in [0.2, 0.25) is 0 Å². The summed E-state index contributed by atoms with van der Waals surface area (Å²) in [5.41, 5.74) is 0.418. The molecule has 0 aromatic rings. The van der Waals surface area contributed by atoms with E-state index in [1.165, 1.54) is 6.92 Å². The fraction of sp³-hybridized carbons (Fsp3) is 0.688. The van der Waals surface area contributed by atoms with Crippen molar-refractivity contribution < 1.29 is 23.9 Å². The van der Waals surface area contributed by atoms with Crippen LogP contribution >= 0.6 is 0 Å². The highest BCUT2D eigenvalue weighted by molar-refractivity contribution is 5.94. The normalized spacial score (nSPS) is 21.4. The Morgan fingerprint density at radius 3 is 1.86 bits per heavy atom. The number of ketones is 1. The van der Waals surface area contributed by atoms with E-state index >= 15 is 0 Å². The molecule has 1 aliphatic carbocycles. The summed E-state index contributed by atoms with van der Waals surface area (Å²) < 4.78 is 10.3. The van der Waals surface area contributed by atoms with Crippen molar-refractivity contribution >= 4 is 17.7 Å². The van der Waals surface area contributed by atoms with E-state index in [9.17, 15) is 14.4 Å². The highest BCUT2D eigenvalue weighted by atomic mass is 16.5. The van der Waals surface area contributed by atoms with Crippen LogP contribution < -0.4 is 0 Å². The number of rotatable bonds is 7. The molecule has 1 rings (SSSR count). The highest BCUT2D eigenvalue weighted by Gasteiger charge is 2.23. The van der Waals surface area contributed by atoms with Gasteiger partial charge in [-0.05, 0) is 51.4 Å². The lowest BCUT2D eigenvalue weighted by Crippen LogP contribution is -2.24. The summed E-state index contributed by atoms with van der Waals surface area (Å²) in [5, 5.41) is 0. The number of hydrogen-bond acceptors (Lipinski definition) is 5. The average molecular weight is 296 g/mol. The van der Waals surface area contributed by atoms with Crippen LogP contribution in [0.2, 0.25) is 0 Å². The first kappa shape index (κ1) is 17.4. The van der Waals surface area contributed by atoms with Gasteiger partial charge in [0.25, 0.3) is 0 Å². The Kier molecular flexibility index (Phi) is 7.12. The van der Waals surface area contributed by atoms with Crippen molar-refractivity contribution in [3.8, 4) is 0 Å². The second kappa shape index (κ2) is 8.60. The summed E-state index contributed by atoms with van der Waals surface area (Å²) in [6, 6.07) is 0. The Labute approximate surface area is 125 Å². The number of ether oxygens (including phenoxy) is 2. The lowest BCUT2D eigenvalue weighted by molar-refractivity contribution is -0.148. The molecule has 0 heterocycles. The predicted molar refractivity (Wildman–Crippen MR) is 77.5 cm³/mol. The smallest absolute Gasteiger partial charge is 0.333 e. The van der Waals surface area contributed by atoms with Crippen LogP contribution in [0.3, 0.4) is 0 Å². The van der Waals surface area contributed by atoms with E-state index in [1.807, 2.05) is 0 Å². The van der Waals surface area contributed by atoms with Crippen LogP contribution in [0.25, 0.3) is 0 Å². The molecular formula is C16H24O5. The molecule has 0 aromatic carbocycles. The topological polar surface area (TPSA) is 69.7 Å². The van der Waals surface area contributed by atoms with Gasteiger partial charge >= 0.3 is 11.9 Å². The summed E-state index contributed by atoms with van der Waals surface area (Å²) in [7, 11) is 0. The summed E-state index contributed by atoms with van der Waals surface area (Å²) >= 11 is 0. The van der Waals surface area contributed by atoms with Gasteiger partial charge in [0, 0.05) is 5.57 Å². The number of carbonyl (C=O) groups excluding carboxylic acids is 3. The van der Waals surface area contributed by atoms with Gasteiger partial charge in [0.15, 0.2) is 0 Å². The minimum Gasteiger partial charge on any atom is -0.465 e. The zero-order chi connectivity index (χ0) is 15.8. The molecule has 0 aromatic heterocycles. The molecule has 0 unspecified atom stereocenters. The third-order valence-corrected chi connectivity index (χ3v) is 3.64. The highest BCUT2D eigenvalue weighted by Crippen LogP contribution is 2.29. The maximum absolute atomic E-state index is 11.3. The Hall–Kier alpha value is -1.65. The largest absolute Gasteiger partial charge is 0.465 e. The SMILES string of the molecule is C=C(C)C(=O)OCC1CCC(COC(=O)CC(C)=O)CC1. The van der Waals surface area contributed by atoms with Crippen LogP contribution in [0.5, 0.6) is 0 Å². The molecule has 5 heteroatoms. The minimum absolute atomic E-state index is 0.147. The molecule has 0 N–H and O–H groups in total. The first-order valence-electron chi connectivity index (χ1n) is 7.36. The summed E-state index contributed by atoms with van der Waals surface area (Å²) in [4.78, 5) is 33.4. The number of Topliss-reactive ketones (excluding diaryl/α,β-unsaturated/α-hetero) is 1. The lowest BCUT2D eigenvalue weighted by Gasteiger charge is -2.27. The van der Waals surface area contributed by atoms with E-state index in [1.54, 1.807) is 6.92 Å². The second-order valence-electron chi connectivity index (χ2n) is 5.83. The Morgan fingerprint density at radius 2 is 1.43 bits per heavy atom. The van der Waals surface area contributed by atoms with Gasteiger partial charge in [-0.3, -0.25) is 9.59 Å². The van der Waals surface area contributed by atoms with E-state index in [0.717, 1.165) is 25.7 Å². The Bertz CT molecular complexity index is 405. The average Bonchev–Trinajstić information content (AvgIpc) is 2.42. The van der Waals surface area contributed by atoms with Crippen LogP contribution in [-0.4, -0.2) is 30.9 Å². The minimum atomic E-state index is -0.444. The van der Waals surface area contributed by atoms with Gasteiger partial charge in [-0.1, -0.05) is 6.58 Å². The molecule has 21 heavy (non-hydrogen) atoms. The number of carbonyl (C=O) groups is 3. The molecular weight excluding hydrogens is 272 g/mol. The van der Waals surface area contributed by atoms with E-state index in [4.69, 9.17) is 9.47 Å². The lowest BCUT2D eigenvalue weighted by atomic mass is 9.83. The van der Waals surface area contributed by atoms with Gasteiger partial charge in [0.05, 0.1) is 13.2 Å². The van der Waals surface area contributed by atoms with E-state index in [2.05, 4.69) is 6.58 Å². The molecule has 1 fully saturated rings. The molecule has 0 saturated heterocycles. The Balaban J connectivity index is 2.17. The summed E-state index contributed by atoms with van der Waals surface area (Å²) in [5.74, 6) is -0.246. The van der Waals surface area contributed by atoms with Crippen molar-refractivity contribution in [2.75, 3.05) is 13.2 Å². The Morgan fingerprint density at radius 1 is 0.952 bits per heavy atom. The quantitative estimate of drug-likeness (QED) is 0.410. The number of esters is 2. The maximum Gasteiger partial charge on any atom is 0.333 e. The van der Waals surface area contributed by atoms with Crippen LogP contribution in [0, 0.1) is 11.8 Å². The first-order valence-corrected chi connectivity index (χ1v) is 7.36. The molecule has 0 aliphatic heterocycles. The molecule has 118 valence electrons. The molecule has 0 amide bonds. The van der Waals surface area contributed by atoms with Crippen molar-refractivity contribution in [3.63, 3.8) is 0 Å². The third-order valence-electron chi connectivity index (χ3n) is 3.64. The van der Waals surface area contributed by atoms with Crippen LogP contribution in [-0.2, 0) is 23.9 Å². The fourth-order valence-corrected chi connectivity index (χ4v) is 2.35. The van der Waals surface area contributed by atoms with E-state index in [-0.39, 0.29) is 18.2 Å².